The minimum atomic E-state index is 0.242. The molecule has 0 fully saturated rings. The van der Waals surface area contributed by atoms with Gasteiger partial charge in [0.05, 0.1) is 16.7 Å². The summed E-state index contributed by atoms with van der Waals surface area (Å²) in [7, 11) is 1.96. The van der Waals surface area contributed by atoms with Gasteiger partial charge in [-0.25, -0.2) is 4.98 Å². The molecule has 4 heteroatoms. The molecule has 84 valence electrons. The zero-order valence-electron chi connectivity index (χ0n) is 9.47. The van der Waals surface area contributed by atoms with Crippen molar-refractivity contribution in [2.24, 2.45) is 0 Å². The van der Waals surface area contributed by atoms with Gasteiger partial charge in [0, 0.05) is 23.7 Å². The summed E-state index contributed by atoms with van der Waals surface area (Å²) in [5.41, 5.74) is 2.16. The maximum absolute atomic E-state index is 4.47. The van der Waals surface area contributed by atoms with E-state index in [2.05, 4.69) is 20.7 Å². The van der Waals surface area contributed by atoms with Crippen molar-refractivity contribution in [1.82, 2.24) is 15.3 Å². The zero-order valence-corrected chi connectivity index (χ0v) is 10.3. The zero-order chi connectivity index (χ0) is 11.4. The van der Waals surface area contributed by atoms with Crippen LogP contribution in [0.25, 0.3) is 0 Å². The Balaban J connectivity index is 2.12. The minimum absolute atomic E-state index is 0.242. The lowest BCUT2D eigenvalue weighted by atomic mass is 10.1. The topological polar surface area (TPSA) is 37.8 Å². The Bertz CT molecular complexity index is 439. The molecule has 0 aliphatic rings. The number of pyridine rings is 1. The smallest absolute Gasteiger partial charge is 0.0947 e. The van der Waals surface area contributed by atoms with Gasteiger partial charge in [0.25, 0.3) is 0 Å². The summed E-state index contributed by atoms with van der Waals surface area (Å²) >= 11 is 1.71. The Hall–Kier alpha value is -1.26. The Morgan fingerprint density at radius 1 is 1.44 bits per heavy atom. The lowest BCUT2D eigenvalue weighted by molar-refractivity contribution is 0.574. The summed E-state index contributed by atoms with van der Waals surface area (Å²) in [6.45, 7) is 2.02. The van der Waals surface area contributed by atoms with Crippen molar-refractivity contribution in [2.75, 3.05) is 7.05 Å². The second-order valence-electron chi connectivity index (χ2n) is 3.68. The third-order valence-electron chi connectivity index (χ3n) is 2.44. The largest absolute Gasteiger partial charge is 0.311 e. The van der Waals surface area contributed by atoms with E-state index < -0.39 is 0 Å². The maximum Gasteiger partial charge on any atom is 0.0947 e. The van der Waals surface area contributed by atoms with E-state index in [9.17, 15) is 0 Å². The van der Waals surface area contributed by atoms with Crippen LogP contribution in [-0.4, -0.2) is 17.0 Å². The van der Waals surface area contributed by atoms with Crippen molar-refractivity contribution >= 4 is 11.3 Å². The lowest BCUT2D eigenvalue weighted by Crippen LogP contribution is -2.19. The van der Waals surface area contributed by atoms with E-state index in [-0.39, 0.29) is 6.04 Å². The summed E-state index contributed by atoms with van der Waals surface area (Å²) in [6, 6.07) is 6.23. The van der Waals surface area contributed by atoms with E-state index in [1.165, 1.54) is 0 Å². The maximum atomic E-state index is 4.47. The summed E-state index contributed by atoms with van der Waals surface area (Å²) in [5.74, 6) is 0. The number of aromatic nitrogens is 2. The Morgan fingerprint density at radius 3 is 2.88 bits per heavy atom. The molecule has 0 aliphatic carbocycles. The van der Waals surface area contributed by atoms with Gasteiger partial charge >= 0.3 is 0 Å². The molecule has 0 aromatic carbocycles. The summed E-state index contributed by atoms with van der Waals surface area (Å²) in [5, 5.41) is 6.52. The molecule has 16 heavy (non-hydrogen) atoms. The van der Waals surface area contributed by atoms with Crippen LogP contribution in [0.3, 0.4) is 0 Å². The highest BCUT2D eigenvalue weighted by Gasteiger charge is 2.12. The molecule has 2 rings (SSSR count). The first-order valence-corrected chi connectivity index (χ1v) is 6.17. The molecule has 0 saturated carbocycles. The van der Waals surface area contributed by atoms with Crippen molar-refractivity contribution in [1.29, 1.82) is 0 Å². The molecule has 0 saturated heterocycles. The van der Waals surface area contributed by atoms with Gasteiger partial charge in [-0.05, 0) is 26.1 Å². The molecule has 0 radical (unpaired) electrons. The Morgan fingerprint density at radius 2 is 2.31 bits per heavy atom. The quantitative estimate of drug-likeness (QED) is 0.881. The third kappa shape index (κ3) is 2.65. The van der Waals surface area contributed by atoms with Crippen LogP contribution in [0.15, 0.2) is 29.8 Å². The number of rotatable bonds is 4. The average Bonchev–Trinajstić information content (AvgIpc) is 2.73. The van der Waals surface area contributed by atoms with Crippen LogP contribution in [0.5, 0.6) is 0 Å². The molecule has 1 unspecified atom stereocenters. The Kier molecular flexibility index (Phi) is 3.64. The van der Waals surface area contributed by atoms with Crippen LogP contribution in [0.1, 0.15) is 22.4 Å². The van der Waals surface area contributed by atoms with Crippen molar-refractivity contribution in [3.05, 3.63) is 46.2 Å². The first-order chi connectivity index (χ1) is 7.79. The van der Waals surface area contributed by atoms with E-state index in [0.717, 1.165) is 22.8 Å². The highest BCUT2D eigenvalue weighted by atomic mass is 32.1. The van der Waals surface area contributed by atoms with Gasteiger partial charge in [0.15, 0.2) is 0 Å². The second-order valence-corrected chi connectivity index (χ2v) is 4.63. The minimum Gasteiger partial charge on any atom is -0.311 e. The summed E-state index contributed by atoms with van der Waals surface area (Å²) < 4.78 is 0. The van der Waals surface area contributed by atoms with Gasteiger partial charge in [-0.15, -0.1) is 11.3 Å². The fourth-order valence-electron chi connectivity index (χ4n) is 1.61. The summed E-state index contributed by atoms with van der Waals surface area (Å²) in [6.07, 6.45) is 2.72. The highest BCUT2D eigenvalue weighted by molar-refractivity contribution is 7.09. The average molecular weight is 233 g/mol. The molecule has 1 N–H and O–H groups in total. The molecule has 2 aromatic heterocycles. The van der Waals surface area contributed by atoms with Gasteiger partial charge < -0.3 is 5.32 Å². The molecular formula is C12H15N3S. The first-order valence-electron chi connectivity index (χ1n) is 5.29. The van der Waals surface area contributed by atoms with Crippen molar-refractivity contribution < 1.29 is 0 Å². The molecule has 0 bridgehead atoms. The second kappa shape index (κ2) is 5.18. The van der Waals surface area contributed by atoms with Gasteiger partial charge in [-0.2, -0.15) is 0 Å². The normalized spacial score (nSPS) is 12.6. The monoisotopic (exact) mass is 233 g/mol. The van der Waals surface area contributed by atoms with Crippen LogP contribution in [0, 0.1) is 6.92 Å². The van der Waals surface area contributed by atoms with E-state index in [0.29, 0.717) is 0 Å². The number of hydrogen-bond acceptors (Lipinski definition) is 4. The first kappa shape index (κ1) is 11.2. The number of likely N-dealkylation sites (N-methyl/N-ethyl adjacent to an activating group) is 1. The molecule has 0 amide bonds. The van der Waals surface area contributed by atoms with Gasteiger partial charge in [0.2, 0.25) is 0 Å². The highest BCUT2D eigenvalue weighted by Crippen LogP contribution is 2.18. The lowest BCUT2D eigenvalue weighted by Gasteiger charge is -2.13. The van der Waals surface area contributed by atoms with Gasteiger partial charge in [-0.1, -0.05) is 6.07 Å². The molecule has 2 heterocycles. The van der Waals surface area contributed by atoms with Crippen LogP contribution in [0.4, 0.5) is 0 Å². The van der Waals surface area contributed by atoms with Gasteiger partial charge in [-0.3, -0.25) is 4.98 Å². The molecule has 3 nitrogen and oxygen atoms in total. The van der Waals surface area contributed by atoms with E-state index in [1.54, 1.807) is 11.3 Å². The molecule has 1 atom stereocenters. The van der Waals surface area contributed by atoms with E-state index in [1.807, 2.05) is 38.4 Å². The van der Waals surface area contributed by atoms with Crippen LogP contribution < -0.4 is 5.32 Å². The third-order valence-corrected chi connectivity index (χ3v) is 3.43. The predicted octanol–water partition coefficient (Wildman–Crippen LogP) is 2.35. The van der Waals surface area contributed by atoms with Crippen LogP contribution >= 0.6 is 11.3 Å². The molecule has 0 spiro atoms. The number of aryl methyl sites for hydroxylation is 1. The fourth-order valence-corrected chi connectivity index (χ4v) is 2.43. The summed E-state index contributed by atoms with van der Waals surface area (Å²) in [4.78, 5) is 8.84. The molecule has 2 aromatic rings. The standard InChI is InChI=1S/C12H15N3S/c1-9-8-16-12(15-9)7-11(13-2)10-5-3-4-6-14-10/h3-6,8,11,13H,7H2,1-2H3. The van der Waals surface area contributed by atoms with Crippen molar-refractivity contribution in [3.8, 4) is 0 Å². The number of nitrogens with one attached hydrogen (secondary N) is 1. The fraction of sp³-hybridized carbons (Fsp3) is 0.333. The Labute approximate surface area is 99.6 Å². The molecular weight excluding hydrogens is 218 g/mol. The van der Waals surface area contributed by atoms with Crippen LogP contribution in [-0.2, 0) is 6.42 Å². The van der Waals surface area contributed by atoms with Crippen LogP contribution in [0.2, 0.25) is 0 Å². The number of thiazole rings is 1. The SMILES string of the molecule is CNC(Cc1nc(C)cs1)c1ccccn1. The molecule has 0 aliphatic heterocycles. The van der Waals surface area contributed by atoms with E-state index in [4.69, 9.17) is 0 Å². The number of hydrogen-bond donors (Lipinski definition) is 1. The number of nitrogens with zero attached hydrogens (tertiary/aromatic N) is 2. The van der Waals surface area contributed by atoms with Crippen molar-refractivity contribution in [3.63, 3.8) is 0 Å². The predicted molar refractivity (Wildman–Crippen MR) is 66.6 cm³/mol. The van der Waals surface area contributed by atoms with Gasteiger partial charge in [0.1, 0.15) is 0 Å². The van der Waals surface area contributed by atoms with E-state index >= 15 is 0 Å². The van der Waals surface area contributed by atoms with Crippen molar-refractivity contribution in [2.45, 2.75) is 19.4 Å².